The SMILES string of the molecule is C=CCC(SSC[C@H](N)C(=O)O)[C@H](N)C(=O)O. The van der Waals surface area contributed by atoms with E-state index in [1.807, 2.05) is 0 Å². The molecule has 0 spiro atoms. The van der Waals surface area contributed by atoms with E-state index in [0.29, 0.717) is 6.42 Å². The van der Waals surface area contributed by atoms with Gasteiger partial charge in [-0.3, -0.25) is 9.59 Å². The largest absolute Gasteiger partial charge is 0.480 e. The predicted octanol–water partition coefficient (Wildman–Crippen LogP) is 0.136. The third kappa shape index (κ3) is 6.57. The van der Waals surface area contributed by atoms with Crippen molar-refractivity contribution in [1.29, 1.82) is 0 Å². The molecule has 1 unspecified atom stereocenters. The molecule has 0 bridgehead atoms. The van der Waals surface area contributed by atoms with E-state index in [0.717, 1.165) is 0 Å². The normalized spacial score (nSPS) is 15.9. The molecule has 6 nitrogen and oxygen atoms in total. The predicted molar refractivity (Wildman–Crippen MR) is 69.9 cm³/mol. The lowest BCUT2D eigenvalue weighted by atomic mass is 10.1. The summed E-state index contributed by atoms with van der Waals surface area (Å²) in [4.78, 5) is 21.2. The minimum absolute atomic E-state index is 0.194. The Morgan fingerprint density at radius 1 is 1.29 bits per heavy atom. The third-order valence-corrected chi connectivity index (χ3v) is 4.76. The molecule has 17 heavy (non-hydrogen) atoms. The number of carbonyl (C=O) groups is 2. The molecule has 0 radical (unpaired) electrons. The zero-order chi connectivity index (χ0) is 13.4. The van der Waals surface area contributed by atoms with Crippen LogP contribution in [0.3, 0.4) is 0 Å². The Bertz CT molecular complexity index is 288. The summed E-state index contributed by atoms with van der Waals surface area (Å²) in [5.41, 5.74) is 10.8. The van der Waals surface area contributed by atoms with Gasteiger partial charge in [0.2, 0.25) is 0 Å². The quantitative estimate of drug-likeness (QED) is 0.347. The topological polar surface area (TPSA) is 127 Å². The smallest absolute Gasteiger partial charge is 0.321 e. The Balaban J connectivity index is 4.13. The second-order valence-electron chi connectivity index (χ2n) is 3.25. The summed E-state index contributed by atoms with van der Waals surface area (Å²) in [5.74, 6) is -1.98. The lowest BCUT2D eigenvalue weighted by Crippen LogP contribution is -2.39. The molecule has 0 amide bonds. The fourth-order valence-corrected chi connectivity index (χ4v) is 3.63. The van der Waals surface area contributed by atoms with Crippen molar-refractivity contribution in [2.45, 2.75) is 23.8 Å². The molecule has 8 heteroatoms. The van der Waals surface area contributed by atoms with Crippen LogP contribution in [0.15, 0.2) is 12.7 Å². The van der Waals surface area contributed by atoms with Crippen LogP contribution in [0.25, 0.3) is 0 Å². The maximum absolute atomic E-state index is 10.7. The summed E-state index contributed by atoms with van der Waals surface area (Å²) in [6, 6.07) is -1.97. The Morgan fingerprint density at radius 3 is 2.29 bits per heavy atom. The van der Waals surface area contributed by atoms with Gasteiger partial charge in [0.25, 0.3) is 0 Å². The van der Waals surface area contributed by atoms with Crippen molar-refractivity contribution in [2.75, 3.05) is 5.75 Å². The molecule has 0 aromatic rings. The number of nitrogens with two attached hydrogens (primary N) is 2. The van der Waals surface area contributed by atoms with Gasteiger partial charge in [-0.2, -0.15) is 0 Å². The maximum Gasteiger partial charge on any atom is 0.321 e. The fraction of sp³-hybridized carbons (Fsp3) is 0.556. The summed E-state index contributed by atoms with van der Waals surface area (Å²) < 4.78 is 0. The van der Waals surface area contributed by atoms with E-state index in [1.165, 1.54) is 21.6 Å². The first-order valence-electron chi connectivity index (χ1n) is 4.76. The van der Waals surface area contributed by atoms with E-state index in [2.05, 4.69) is 6.58 Å². The van der Waals surface area contributed by atoms with Crippen molar-refractivity contribution in [3.8, 4) is 0 Å². The summed E-state index contributed by atoms with van der Waals surface area (Å²) in [7, 11) is 2.43. The van der Waals surface area contributed by atoms with Gasteiger partial charge in [0, 0.05) is 11.0 Å². The van der Waals surface area contributed by atoms with Crippen LogP contribution >= 0.6 is 21.6 Å². The standard InChI is InChI=1S/C9H16N2O4S2/c1-2-3-6(7(11)9(14)15)17-16-4-5(10)8(12)13/h2,5-7H,1,3-4,10-11H2,(H,12,13)(H,14,15)/t5-,6?,7-/m0/s1. The highest BCUT2D eigenvalue weighted by Gasteiger charge is 2.24. The average Bonchev–Trinajstić information content (AvgIpc) is 2.26. The number of carboxylic acids is 2. The second kappa shape index (κ2) is 8.40. The first-order chi connectivity index (χ1) is 7.90. The molecular formula is C9H16N2O4S2. The fourth-order valence-electron chi connectivity index (χ4n) is 0.840. The number of rotatable bonds is 9. The number of carboxylic acid groups (broad SMARTS) is 2. The molecule has 0 saturated heterocycles. The number of hydrogen-bond donors (Lipinski definition) is 4. The van der Waals surface area contributed by atoms with E-state index in [1.54, 1.807) is 6.08 Å². The van der Waals surface area contributed by atoms with Crippen LogP contribution in [-0.2, 0) is 9.59 Å². The van der Waals surface area contributed by atoms with Gasteiger partial charge in [-0.05, 0) is 6.42 Å². The molecule has 0 aromatic heterocycles. The van der Waals surface area contributed by atoms with Crippen LogP contribution < -0.4 is 11.5 Å². The van der Waals surface area contributed by atoms with E-state index < -0.39 is 24.0 Å². The summed E-state index contributed by atoms with van der Waals surface area (Å²) in [5, 5.41) is 17.0. The van der Waals surface area contributed by atoms with Gasteiger partial charge in [0.15, 0.2) is 0 Å². The highest BCUT2D eigenvalue weighted by Crippen LogP contribution is 2.31. The third-order valence-electron chi connectivity index (χ3n) is 1.84. The average molecular weight is 280 g/mol. The lowest BCUT2D eigenvalue weighted by Gasteiger charge is -2.18. The van der Waals surface area contributed by atoms with Crippen molar-refractivity contribution < 1.29 is 19.8 Å². The Kier molecular flexibility index (Phi) is 8.05. The summed E-state index contributed by atoms with van der Waals surface area (Å²) in [6.07, 6.45) is 2.02. The molecule has 0 fully saturated rings. The second-order valence-corrected chi connectivity index (χ2v) is 5.90. The molecule has 0 aromatic carbocycles. The van der Waals surface area contributed by atoms with Crippen molar-refractivity contribution >= 4 is 33.5 Å². The van der Waals surface area contributed by atoms with Crippen LogP contribution in [0.1, 0.15) is 6.42 Å². The number of aliphatic carboxylic acids is 2. The van der Waals surface area contributed by atoms with Crippen molar-refractivity contribution in [3.05, 3.63) is 12.7 Å². The Hall–Kier alpha value is -0.700. The van der Waals surface area contributed by atoms with Gasteiger partial charge in [0.05, 0.1) is 0 Å². The first kappa shape index (κ1) is 16.3. The number of hydrogen-bond acceptors (Lipinski definition) is 6. The van der Waals surface area contributed by atoms with Crippen LogP contribution in [-0.4, -0.2) is 45.2 Å². The molecular weight excluding hydrogens is 264 g/mol. The zero-order valence-electron chi connectivity index (χ0n) is 9.11. The minimum atomic E-state index is -1.09. The zero-order valence-corrected chi connectivity index (χ0v) is 10.7. The molecule has 0 rings (SSSR count). The van der Waals surface area contributed by atoms with Crippen molar-refractivity contribution in [2.24, 2.45) is 11.5 Å². The highest BCUT2D eigenvalue weighted by molar-refractivity contribution is 8.77. The van der Waals surface area contributed by atoms with Gasteiger partial charge in [-0.1, -0.05) is 27.7 Å². The van der Waals surface area contributed by atoms with Gasteiger partial charge in [-0.15, -0.1) is 6.58 Å². The molecule has 0 aliphatic carbocycles. The van der Waals surface area contributed by atoms with Gasteiger partial charge < -0.3 is 21.7 Å². The van der Waals surface area contributed by atoms with Crippen molar-refractivity contribution in [1.82, 2.24) is 0 Å². The van der Waals surface area contributed by atoms with E-state index >= 15 is 0 Å². The molecule has 98 valence electrons. The van der Waals surface area contributed by atoms with E-state index in [-0.39, 0.29) is 11.0 Å². The molecule has 0 heterocycles. The number of allylic oxidation sites excluding steroid dienone is 1. The molecule has 3 atom stereocenters. The highest BCUT2D eigenvalue weighted by atomic mass is 33.1. The van der Waals surface area contributed by atoms with E-state index in [4.69, 9.17) is 21.7 Å². The molecule has 0 aliphatic heterocycles. The van der Waals surface area contributed by atoms with Gasteiger partial charge in [-0.25, -0.2) is 0 Å². The monoisotopic (exact) mass is 280 g/mol. The van der Waals surface area contributed by atoms with Crippen LogP contribution in [0, 0.1) is 0 Å². The first-order valence-corrected chi connectivity index (χ1v) is 7.14. The van der Waals surface area contributed by atoms with Crippen LogP contribution in [0.4, 0.5) is 0 Å². The Morgan fingerprint density at radius 2 is 1.88 bits per heavy atom. The van der Waals surface area contributed by atoms with Gasteiger partial charge in [0.1, 0.15) is 12.1 Å². The molecule has 0 saturated carbocycles. The van der Waals surface area contributed by atoms with Crippen molar-refractivity contribution in [3.63, 3.8) is 0 Å². The lowest BCUT2D eigenvalue weighted by molar-refractivity contribution is -0.139. The van der Waals surface area contributed by atoms with E-state index in [9.17, 15) is 9.59 Å². The van der Waals surface area contributed by atoms with Crippen LogP contribution in [0.2, 0.25) is 0 Å². The van der Waals surface area contributed by atoms with Crippen LogP contribution in [0.5, 0.6) is 0 Å². The summed E-state index contributed by atoms with van der Waals surface area (Å²) >= 11 is 0. The summed E-state index contributed by atoms with van der Waals surface area (Å²) in [6.45, 7) is 3.52. The van der Waals surface area contributed by atoms with Gasteiger partial charge >= 0.3 is 11.9 Å². The molecule has 0 aliphatic rings. The minimum Gasteiger partial charge on any atom is -0.480 e. The maximum atomic E-state index is 10.7. The molecule has 6 N–H and O–H groups in total. The Labute approximate surface area is 107 Å².